The molecule has 1 fully saturated rings. The third kappa shape index (κ3) is 3.29. The fraction of sp³-hybridized carbons (Fsp3) is 0.353. The molecule has 0 aliphatic heterocycles. The van der Waals surface area contributed by atoms with Crippen LogP contribution in [0.4, 0.5) is 4.39 Å². The minimum absolute atomic E-state index is 0.158. The van der Waals surface area contributed by atoms with E-state index >= 15 is 0 Å². The third-order valence-electron chi connectivity index (χ3n) is 4.60. The van der Waals surface area contributed by atoms with Crippen molar-refractivity contribution in [3.63, 3.8) is 0 Å². The minimum Gasteiger partial charge on any atom is -0.354 e. The number of nitrogens with one attached hydrogen (secondary N) is 2. The van der Waals surface area contributed by atoms with Gasteiger partial charge in [0.25, 0.3) is 5.56 Å². The molecule has 3 rings (SSSR count). The van der Waals surface area contributed by atoms with Crippen molar-refractivity contribution in [2.24, 2.45) is 0 Å². The van der Waals surface area contributed by atoms with Crippen molar-refractivity contribution in [3.8, 4) is 0 Å². The Morgan fingerprint density at radius 3 is 2.50 bits per heavy atom. The van der Waals surface area contributed by atoms with E-state index in [9.17, 15) is 18.8 Å². The fourth-order valence-electron chi connectivity index (χ4n) is 3.02. The van der Waals surface area contributed by atoms with E-state index in [0.717, 1.165) is 29.4 Å². The molecular weight excluding hydrogens is 313 g/mol. The molecule has 126 valence electrons. The Bertz CT molecular complexity index is 850. The monoisotopic (exact) mass is 331 g/mol. The molecule has 0 saturated heterocycles. The summed E-state index contributed by atoms with van der Waals surface area (Å²) in [7, 11) is 0. The van der Waals surface area contributed by atoms with Gasteiger partial charge in [0.2, 0.25) is 5.91 Å². The molecule has 1 saturated carbocycles. The predicted molar refractivity (Wildman–Crippen MR) is 86.3 cm³/mol. The van der Waals surface area contributed by atoms with Crippen LogP contribution in [0.15, 0.2) is 46.1 Å². The Balaban J connectivity index is 1.65. The molecule has 1 aliphatic rings. The largest absolute Gasteiger partial charge is 0.354 e. The van der Waals surface area contributed by atoms with Gasteiger partial charge >= 0.3 is 5.69 Å². The molecule has 6 nitrogen and oxygen atoms in total. The van der Waals surface area contributed by atoms with Crippen LogP contribution in [-0.4, -0.2) is 22.0 Å². The van der Waals surface area contributed by atoms with Crippen LogP contribution >= 0.6 is 0 Å². The molecular formula is C17H18FN3O3. The Labute approximate surface area is 137 Å². The first-order chi connectivity index (χ1) is 11.5. The molecule has 1 amide bonds. The molecule has 2 aromatic rings. The van der Waals surface area contributed by atoms with Gasteiger partial charge in [0.1, 0.15) is 12.4 Å². The number of halogens is 1. The van der Waals surface area contributed by atoms with E-state index < -0.39 is 11.2 Å². The van der Waals surface area contributed by atoms with Gasteiger partial charge in [0.15, 0.2) is 0 Å². The zero-order valence-electron chi connectivity index (χ0n) is 13.0. The van der Waals surface area contributed by atoms with Crippen LogP contribution in [0.1, 0.15) is 24.8 Å². The summed E-state index contributed by atoms with van der Waals surface area (Å²) in [6.07, 6.45) is 4.21. The van der Waals surface area contributed by atoms with Gasteiger partial charge in [-0.05, 0) is 30.5 Å². The van der Waals surface area contributed by atoms with Crippen LogP contribution in [0.3, 0.4) is 0 Å². The van der Waals surface area contributed by atoms with Crippen molar-refractivity contribution in [3.05, 3.63) is 68.7 Å². The number of amides is 1. The molecule has 1 aromatic heterocycles. The second-order valence-corrected chi connectivity index (χ2v) is 6.16. The Hall–Kier alpha value is -2.70. The van der Waals surface area contributed by atoms with Crippen molar-refractivity contribution in [2.45, 2.75) is 31.2 Å². The number of nitrogens with zero attached hydrogens (tertiary/aromatic N) is 1. The zero-order chi connectivity index (χ0) is 17.2. The molecule has 2 N–H and O–H groups in total. The normalized spacial score (nSPS) is 15.5. The lowest BCUT2D eigenvalue weighted by Crippen LogP contribution is -2.46. The van der Waals surface area contributed by atoms with Crippen molar-refractivity contribution < 1.29 is 9.18 Å². The Morgan fingerprint density at radius 1 is 1.21 bits per heavy atom. The number of H-pyrrole nitrogens is 1. The maximum absolute atomic E-state index is 13.1. The molecule has 0 atom stereocenters. The van der Waals surface area contributed by atoms with E-state index in [-0.39, 0.29) is 23.7 Å². The van der Waals surface area contributed by atoms with Crippen molar-refractivity contribution >= 4 is 5.91 Å². The maximum atomic E-state index is 13.1. The second-order valence-electron chi connectivity index (χ2n) is 6.16. The van der Waals surface area contributed by atoms with Gasteiger partial charge in [-0.3, -0.25) is 19.1 Å². The average Bonchev–Trinajstić information content (AvgIpc) is 2.51. The van der Waals surface area contributed by atoms with E-state index in [1.54, 1.807) is 12.1 Å². The summed E-state index contributed by atoms with van der Waals surface area (Å²) < 4.78 is 14.2. The first kappa shape index (κ1) is 16.2. The smallest absolute Gasteiger partial charge is 0.328 e. The van der Waals surface area contributed by atoms with E-state index in [1.165, 1.54) is 24.4 Å². The summed E-state index contributed by atoms with van der Waals surface area (Å²) in [5.74, 6) is -0.591. The Kier molecular flexibility index (Phi) is 4.33. The molecule has 0 bridgehead atoms. The van der Waals surface area contributed by atoms with Crippen LogP contribution < -0.4 is 16.6 Å². The Morgan fingerprint density at radius 2 is 1.92 bits per heavy atom. The van der Waals surface area contributed by atoms with Crippen LogP contribution in [0.2, 0.25) is 0 Å². The van der Waals surface area contributed by atoms with Crippen molar-refractivity contribution in [1.82, 2.24) is 14.9 Å². The first-order valence-electron chi connectivity index (χ1n) is 7.81. The van der Waals surface area contributed by atoms with E-state index in [1.807, 2.05) is 0 Å². The summed E-state index contributed by atoms with van der Waals surface area (Å²) in [4.78, 5) is 36.8. The van der Waals surface area contributed by atoms with Gasteiger partial charge < -0.3 is 5.32 Å². The van der Waals surface area contributed by atoms with Crippen LogP contribution in [0, 0.1) is 5.82 Å². The lowest BCUT2D eigenvalue weighted by molar-refractivity contribution is -0.122. The highest BCUT2D eigenvalue weighted by atomic mass is 19.1. The number of hydrogen-bond donors (Lipinski definition) is 2. The first-order valence-corrected chi connectivity index (χ1v) is 7.81. The third-order valence-corrected chi connectivity index (χ3v) is 4.60. The molecule has 0 radical (unpaired) electrons. The molecule has 1 aromatic carbocycles. The number of aromatic nitrogens is 2. The molecule has 1 aliphatic carbocycles. The lowest BCUT2D eigenvalue weighted by Gasteiger charge is -2.42. The van der Waals surface area contributed by atoms with Gasteiger partial charge in [-0.2, -0.15) is 0 Å². The second kappa shape index (κ2) is 6.43. The molecule has 1 heterocycles. The quantitative estimate of drug-likeness (QED) is 0.854. The summed E-state index contributed by atoms with van der Waals surface area (Å²) in [5, 5.41) is 2.84. The van der Waals surface area contributed by atoms with Gasteiger partial charge in [-0.15, -0.1) is 0 Å². The number of carbonyl (C=O) groups excluding carboxylic acids is 1. The van der Waals surface area contributed by atoms with Gasteiger partial charge in [-0.25, -0.2) is 9.18 Å². The SMILES string of the molecule is O=C(Cn1ccc(=O)[nH]c1=O)NCC1(c2ccc(F)cc2)CCC1. The number of rotatable bonds is 5. The molecule has 0 spiro atoms. The highest BCUT2D eigenvalue weighted by molar-refractivity contribution is 5.75. The van der Waals surface area contributed by atoms with E-state index in [4.69, 9.17) is 0 Å². The number of carbonyl (C=O) groups is 1. The van der Waals surface area contributed by atoms with E-state index in [2.05, 4.69) is 10.3 Å². The molecule has 0 unspecified atom stereocenters. The van der Waals surface area contributed by atoms with E-state index in [0.29, 0.717) is 6.54 Å². The zero-order valence-corrected chi connectivity index (χ0v) is 13.0. The lowest BCUT2D eigenvalue weighted by atomic mass is 9.64. The summed E-state index contributed by atoms with van der Waals surface area (Å²) in [5.41, 5.74) is -0.271. The summed E-state index contributed by atoms with van der Waals surface area (Å²) in [6, 6.07) is 7.56. The van der Waals surface area contributed by atoms with Crippen molar-refractivity contribution in [1.29, 1.82) is 0 Å². The minimum atomic E-state index is -0.616. The van der Waals surface area contributed by atoms with Gasteiger partial charge in [0, 0.05) is 24.2 Å². The fourth-order valence-corrected chi connectivity index (χ4v) is 3.02. The molecule has 24 heavy (non-hydrogen) atoms. The van der Waals surface area contributed by atoms with Crippen LogP contribution in [0.5, 0.6) is 0 Å². The standard InChI is InChI=1S/C17H18FN3O3/c18-13-4-2-12(3-5-13)17(7-1-8-17)11-19-15(23)10-21-9-6-14(22)20-16(21)24/h2-6,9H,1,7-8,10-11H2,(H,19,23)(H,20,22,24). The van der Waals surface area contributed by atoms with Crippen LogP contribution in [0.25, 0.3) is 0 Å². The van der Waals surface area contributed by atoms with Crippen molar-refractivity contribution in [2.75, 3.05) is 6.54 Å². The van der Waals surface area contributed by atoms with Gasteiger partial charge in [0.05, 0.1) is 0 Å². The van der Waals surface area contributed by atoms with Gasteiger partial charge in [-0.1, -0.05) is 18.6 Å². The summed E-state index contributed by atoms with van der Waals surface area (Å²) >= 11 is 0. The topological polar surface area (TPSA) is 84.0 Å². The van der Waals surface area contributed by atoms with Crippen LogP contribution in [-0.2, 0) is 16.8 Å². The highest BCUT2D eigenvalue weighted by Gasteiger charge is 2.38. The summed E-state index contributed by atoms with van der Waals surface area (Å²) in [6.45, 7) is 0.282. The maximum Gasteiger partial charge on any atom is 0.328 e. The average molecular weight is 331 g/mol. The number of aromatic amines is 1. The highest BCUT2D eigenvalue weighted by Crippen LogP contribution is 2.43. The predicted octanol–water partition coefficient (Wildman–Crippen LogP) is 0.914. The molecule has 7 heteroatoms. The number of hydrogen-bond acceptors (Lipinski definition) is 3. The number of benzene rings is 1.